The first-order chi connectivity index (χ1) is 30.8. The standard InChI is InChI=1S/C60H56P3/c1-46-26-36-55(37-27-46)61(51-18-10-6-11-19-51,52-20-12-7-13-21-52)60(62(53-22-14-8-15-23-53,54-24-16-9-17-25-54)56-38-28-47(2)29-39-56)63(57-40-30-48(3)31-41-57,58-42-32-49(4)33-43-58)59-44-34-50(5)35-45-59/h6-45,60H,1-5H3/q+3. The Kier molecular flexibility index (Phi) is 12.3. The molecule has 9 aromatic carbocycles. The lowest BCUT2D eigenvalue weighted by Gasteiger charge is -2.45. The van der Waals surface area contributed by atoms with Crippen LogP contribution in [0.25, 0.3) is 0 Å². The van der Waals surface area contributed by atoms with Gasteiger partial charge in [0.2, 0.25) is 0 Å². The summed E-state index contributed by atoms with van der Waals surface area (Å²) >= 11 is 0. The third kappa shape index (κ3) is 7.54. The molecule has 0 aromatic heterocycles. The van der Waals surface area contributed by atoms with Crippen LogP contribution < -0.4 is 47.7 Å². The van der Waals surface area contributed by atoms with Gasteiger partial charge in [-0.2, -0.15) is 0 Å². The summed E-state index contributed by atoms with van der Waals surface area (Å²) in [5.74, 6) is 0. The third-order valence-electron chi connectivity index (χ3n) is 12.9. The smallest absolute Gasteiger partial charge is 0.0620 e. The van der Waals surface area contributed by atoms with Crippen molar-refractivity contribution in [3.05, 3.63) is 270 Å². The second kappa shape index (κ2) is 18.2. The highest BCUT2D eigenvalue weighted by molar-refractivity contribution is 8.24. The fourth-order valence-electron chi connectivity index (χ4n) is 9.87. The van der Waals surface area contributed by atoms with Crippen LogP contribution in [0.15, 0.2) is 243 Å². The topological polar surface area (TPSA) is 0 Å². The van der Waals surface area contributed by atoms with Crippen molar-refractivity contribution >= 4 is 69.5 Å². The van der Waals surface area contributed by atoms with E-state index in [4.69, 9.17) is 0 Å². The zero-order valence-electron chi connectivity index (χ0n) is 37.0. The van der Waals surface area contributed by atoms with Gasteiger partial charge in [-0.15, -0.1) is 0 Å². The van der Waals surface area contributed by atoms with Gasteiger partial charge in [0, 0.05) is 0 Å². The van der Waals surface area contributed by atoms with E-state index in [2.05, 4.69) is 277 Å². The molecule has 0 aliphatic heterocycles. The summed E-state index contributed by atoms with van der Waals surface area (Å²) in [5.41, 5.74) is 6.31. The Bertz CT molecular complexity index is 2550. The number of hydrogen-bond donors (Lipinski definition) is 0. The second-order valence-electron chi connectivity index (χ2n) is 17.0. The molecule has 0 unspecified atom stereocenters. The Morgan fingerprint density at radius 3 is 0.492 bits per heavy atom. The maximum Gasteiger partial charge on any atom is 0.297 e. The Balaban J connectivity index is 1.69. The van der Waals surface area contributed by atoms with Crippen molar-refractivity contribution in [2.45, 2.75) is 39.8 Å². The van der Waals surface area contributed by atoms with Gasteiger partial charge in [0.25, 0.3) is 5.14 Å². The first-order valence-corrected chi connectivity index (χ1v) is 27.6. The predicted molar refractivity (Wildman–Crippen MR) is 283 cm³/mol. The van der Waals surface area contributed by atoms with E-state index in [-0.39, 0.29) is 5.14 Å². The normalized spacial score (nSPS) is 12.0. The van der Waals surface area contributed by atoms with E-state index in [1.165, 1.54) is 75.6 Å². The summed E-state index contributed by atoms with van der Waals surface area (Å²) < 4.78 is 0. The minimum atomic E-state index is -2.88. The van der Waals surface area contributed by atoms with Crippen LogP contribution in [-0.2, 0) is 0 Å². The molecule has 0 aliphatic rings. The molecule has 0 atom stereocenters. The maximum atomic E-state index is 2.51. The summed E-state index contributed by atoms with van der Waals surface area (Å²) in [4.78, 5) is 0. The van der Waals surface area contributed by atoms with Crippen LogP contribution in [0.4, 0.5) is 0 Å². The lowest BCUT2D eigenvalue weighted by Crippen LogP contribution is -2.53. The average molecular weight is 870 g/mol. The highest BCUT2D eigenvalue weighted by Crippen LogP contribution is 2.90. The average Bonchev–Trinajstić information content (AvgIpc) is 3.33. The number of rotatable bonds is 12. The molecule has 0 radical (unpaired) electrons. The molecule has 0 spiro atoms. The van der Waals surface area contributed by atoms with Gasteiger partial charge >= 0.3 is 0 Å². The number of benzene rings is 9. The van der Waals surface area contributed by atoms with Crippen LogP contribution in [0.5, 0.6) is 0 Å². The molecule has 0 N–H and O–H groups in total. The summed E-state index contributed by atoms with van der Waals surface area (Å²) in [6, 6.07) is 95.7. The van der Waals surface area contributed by atoms with Crippen molar-refractivity contribution in [2.75, 3.05) is 0 Å². The molecule has 0 aliphatic carbocycles. The van der Waals surface area contributed by atoms with Gasteiger partial charge in [0.15, 0.2) is 21.8 Å². The first-order valence-electron chi connectivity index (χ1n) is 22.0. The molecule has 308 valence electrons. The molecule has 3 heteroatoms. The van der Waals surface area contributed by atoms with Crippen LogP contribution >= 0.6 is 21.8 Å². The van der Waals surface area contributed by atoms with Crippen LogP contribution in [0.1, 0.15) is 27.8 Å². The quantitative estimate of drug-likeness (QED) is 0.107. The fraction of sp³-hybridized carbons (Fsp3) is 0.100. The largest absolute Gasteiger partial charge is 0.297 e. The van der Waals surface area contributed by atoms with Crippen molar-refractivity contribution in [1.82, 2.24) is 0 Å². The summed E-state index contributed by atoms with van der Waals surface area (Å²) in [7, 11) is -8.62. The molecule has 63 heavy (non-hydrogen) atoms. The Hall–Kier alpha value is -5.73. The summed E-state index contributed by atoms with van der Waals surface area (Å²) in [6.07, 6.45) is 0. The second-order valence-corrected chi connectivity index (χ2v) is 28.8. The Morgan fingerprint density at radius 1 is 0.190 bits per heavy atom. The van der Waals surface area contributed by atoms with Crippen molar-refractivity contribution in [1.29, 1.82) is 0 Å². The van der Waals surface area contributed by atoms with E-state index in [9.17, 15) is 0 Å². The molecule has 9 rings (SSSR count). The monoisotopic (exact) mass is 869 g/mol. The van der Waals surface area contributed by atoms with E-state index in [0.29, 0.717) is 0 Å². The lowest BCUT2D eigenvalue weighted by atomic mass is 10.2. The summed E-state index contributed by atoms with van der Waals surface area (Å²) in [5, 5.41) is 12.5. The molecule has 0 amide bonds. The molecule has 0 fully saturated rings. The van der Waals surface area contributed by atoms with Gasteiger partial charge in [0.1, 0.15) is 47.7 Å². The Labute approximate surface area is 377 Å². The van der Waals surface area contributed by atoms with Crippen molar-refractivity contribution in [3.8, 4) is 0 Å². The van der Waals surface area contributed by atoms with Gasteiger partial charge in [0.05, 0.1) is 0 Å². The van der Waals surface area contributed by atoms with Gasteiger partial charge in [-0.3, -0.25) is 0 Å². The number of hydrogen-bond acceptors (Lipinski definition) is 0. The zero-order chi connectivity index (χ0) is 43.4. The lowest BCUT2D eigenvalue weighted by molar-refractivity contribution is 1.47. The van der Waals surface area contributed by atoms with Crippen LogP contribution in [0.3, 0.4) is 0 Å². The van der Waals surface area contributed by atoms with Crippen molar-refractivity contribution < 1.29 is 0 Å². The predicted octanol–water partition coefficient (Wildman–Crippen LogP) is 11.8. The SMILES string of the molecule is Cc1ccc([P+](c2ccccc2)(c2ccccc2)C([P+](c2ccccc2)(c2ccccc2)c2ccc(C)cc2)[P+](c2ccc(C)cc2)(c2ccc(C)cc2)c2ccc(C)cc2)cc1. The van der Waals surface area contributed by atoms with E-state index in [1.54, 1.807) is 0 Å². The maximum absolute atomic E-state index is 2.88. The molecule has 9 aromatic rings. The van der Waals surface area contributed by atoms with Crippen LogP contribution in [0, 0.1) is 34.6 Å². The highest BCUT2D eigenvalue weighted by Gasteiger charge is 2.81. The van der Waals surface area contributed by atoms with E-state index < -0.39 is 21.8 Å². The minimum Gasteiger partial charge on any atom is -0.0620 e. The molecule has 0 heterocycles. The zero-order valence-corrected chi connectivity index (χ0v) is 39.7. The Morgan fingerprint density at radius 2 is 0.333 bits per heavy atom. The molecule has 0 saturated heterocycles. The van der Waals surface area contributed by atoms with Crippen molar-refractivity contribution in [2.24, 2.45) is 0 Å². The van der Waals surface area contributed by atoms with E-state index in [0.717, 1.165) is 0 Å². The highest BCUT2D eigenvalue weighted by atomic mass is 31.3. The van der Waals surface area contributed by atoms with E-state index in [1.807, 2.05) is 0 Å². The van der Waals surface area contributed by atoms with Gasteiger partial charge in [-0.1, -0.05) is 161 Å². The molecule has 0 saturated carbocycles. The van der Waals surface area contributed by atoms with Gasteiger partial charge in [-0.05, 0) is 144 Å². The number of aryl methyl sites for hydroxylation is 5. The first kappa shape index (κ1) is 42.6. The minimum absolute atomic E-state index is 0.0226. The molecular formula is C60H56P3+3. The molecule has 0 nitrogen and oxygen atoms in total. The van der Waals surface area contributed by atoms with Crippen LogP contribution in [0.2, 0.25) is 0 Å². The van der Waals surface area contributed by atoms with Crippen molar-refractivity contribution in [3.63, 3.8) is 0 Å². The molecule has 0 bridgehead atoms. The fourth-order valence-corrected chi connectivity index (χ4v) is 34.1. The van der Waals surface area contributed by atoms with Crippen LogP contribution in [-0.4, -0.2) is 5.14 Å². The van der Waals surface area contributed by atoms with E-state index >= 15 is 0 Å². The third-order valence-corrected chi connectivity index (χ3v) is 31.2. The molecular weight excluding hydrogens is 814 g/mol. The van der Waals surface area contributed by atoms with Gasteiger partial charge < -0.3 is 0 Å². The van der Waals surface area contributed by atoms with Gasteiger partial charge in [-0.25, -0.2) is 0 Å². The summed E-state index contributed by atoms with van der Waals surface area (Å²) in [6.45, 7) is 11.1.